The van der Waals surface area contributed by atoms with Crippen molar-refractivity contribution < 1.29 is 4.42 Å². The molecule has 0 amide bonds. The zero-order chi connectivity index (χ0) is 14.7. The van der Waals surface area contributed by atoms with E-state index in [1.165, 1.54) is 0 Å². The number of hydrogen-bond acceptors (Lipinski definition) is 3. The molecule has 2 heterocycles. The van der Waals surface area contributed by atoms with E-state index in [0.717, 1.165) is 23.7 Å². The van der Waals surface area contributed by atoms with Crippen LogP contribution in [0.1, 0.15) is 24.4 Å². The zero-order valence-electron chi connectivity index (χ0n) is 11.7. The van der Waals surface area contributed by atoms with E-state index in [1.807, 2.05) is 47.1 Å². The SMILES string of the molecule is CCNC(c1ccc(Cl)o1)c1ccnn1-c1ccccc1. The van der Waals surface area contributed by atoms with Gasteiger partial charge in [0, 0.05) is 6.20 Å². The van der Waals surface area contributed by atoms with Gasteiger partial charge in [0.15, 0.2) is 5.22 Å². The van der Waals surface area contributed by atoms with Gasteiger partial charge in [0.05, 0.1) is 11.4 Å². The summed E-state index contributed by atoms with van der Waals surface area (Å²) < 4.78 is 7.48. The third-order valence-corrected chi connectivity index (χ3v) is 3.46. The number of furan rings is 1. The molecule has 0 aliphatic carbocycles. The van der Waals surface area contributed by atoms with Crippen LogP contribution in [0, 0.1) is 0 Å². The average Bonchev–Trinajstić information content (AvgIpc) is 3.15. The molecule has 0 bridgehead atoms. The van der Waals surface area contributed by atoms with Crippen LogP contribution >= 0.6 is 11.6 Å². The Labute approximate surface area is 128 Å². The van der Waals surface area contributed by atoms with Crippen LogP contribution in [0.2, 0.25) is 5.22 Å². The monoisotopic (exact) mass is 301 g/mol. The van der Waals surface area contributed by atoms with Gasteiger partial charge in [0.1, 0.15) is 11.8 Å². The summed E-state index contributed by atoms with van der Waals surface area (Å²) >= 11 is 5.91. The van der Waals surface area contributed by atoms with Gasteiger partial charge in [-0.3, -0.25) is 0 Å². The molecular weight excluding hydrogens is 286 g/mol. The van der Waals surface area contributed by atoms with Gasteiger partial charge in [-0.2, -0.15) is 5.10 Å². The number of benzene rings is 1. The standard InChI is InChI=1S/C16H16ClN3O/c1-2-18-16(14-8-9-15(17)21-14)13-10-11-19-20(13)12-6-4-3-5-7-12/h3-11,16,18H,2H2,1H3. The van der Waals surface area contributed by atoms with Crippen LogP contribution in [0.4, 0.5) is 0 Å². The highest BCUT2D eigenvalue weighted by Crippen LogP contribution is 2.27. The maximum atomic E-state index is 5.91. The number of hydrogen-bond donors (Lipinski definition) is 1. The van der Waals surface area contributed by atoms with Crippen molar-refractivity contribution in [2.45, 2.75) is 13.0 Å². The molecule has 0 saturated carbocycles. The Hall–Kier alpha value is -2.04. The number of nitrogens with zero attached hydrogens (tertiary/aromatic N) is 2. The number of para-hydroxylation sites is 1. The fourth-order valence-corrected chi connectivity index (χ4v) is 2.51. The van der Waals surface area contributed by atoms with Gasteiger partial charge in [-0.15, -0.1) is 0 Å². The van der Waals surface area contributed by atoms with Gasteiger partial charge in [-0.05, 0) is 48.5 Å². The first-order chi connectivity index (χ1) is 10.3. The quantitative estimate of drug-likeness (QED) is 0.779. The lowest BCUT2D eigenvalue weighted by Gasteiger charge is -2.17. The highest BCUT2D eigenvalue weighted by atomic mass is 35.5. The summed E-state index contributed by atoms with van der Waals surface area (Å²) in [5.74, 6) is 0.777. The minimum absolute atomic E-state index is 0.0924. The Morgan fingerprint density at radius 2 is 2.00 bits per heavy atom. The van der Waals surface area contributed by atoms with Gasteiger partial charge < -0.3 is 9.73 Å². The molecule has 1 aromatic carbocycles. The Kier molecular flexibility index (Phi) is 4.08. The third kappa shape index (κ3) is 2.86. The summed E-state index contributed by atoms with van der Waals surface area (Å²) in [6.45, 7) is 2.86. The third-order valence-electron chi connectivity index (χ3n) is 3.26. The van der Waals surface area contributed by atoms with Gasteiger partial charge >= 0.3 is 0 Å². The van der Waals surface area contributed by atoms with Crippen LogP contribution < -0.4 is 5.32 Å². The summed E-state index contributed by atoms with van der Waals surface area (Å²) in [6, 6.07) is 15.5. The van der Waals surface area contributed by atoms with E-state index in [4.69, 9.17) is 16.0 Å². The largest absolute Gasteiger partial charge is 0.448 e. The lowest BCUT2D eigenvalue weighted by atomic mass is 10.1. The Bertz CT molecular complexity index is 705. The minimum Gasteiger partial charge on any atom is -0.448 e. The Morgan fingerprint density at radius 3 is 2.67 bits per heavy atom. The maximum absolute atomic E-state index is 5.91. The van der Waals surface area contributed by atoms with Gasteiger partial charge in [0.2, 0.25) is 0 Å². The minimum atomic E-state index is -0.0924. The summed E-state index contributed by atoms with van der Waals surface area (Å²) in [7, 11) is 0. The predicted molar refractivity (Wildman–Crippen MR) is 82.8 cm³/mol. The molecule has 1 atom stereocenters. The second-order valence-electron chi connectivity index (χ2n) is 4.64. The van der Waals surface area contributed by atoms with Crippen LogP contribution in [0.3, 0.4) is 0 Å². The van der Waals surface area contributed by atoms with Gasteiger partial charge in [-0.25, -0.2) is 4.68 Å². The molecule has 3 rings (SSSR count). The van der Waals surface area contributed by atoms with E-state index < -0.39 is 0 Å². The molecule has 0 aliphatic heterocycles. The molecule has 0 fully saturated rings. The first-order valence-electron chi connectivity index (χ1n) is 6.87. The van der Waals surface area contributed by atoms with E-state index in [-0.39, 0.29) is 6.04 Å². The average molecular weight is 302 g/mol. The first kappa shape index (κ1) is 13.9. The van der Waals surface area contributed by atoms with Crippen LogP contribution in [-0.4, -0.2) is 16.3 Å². The molecule has 3 aromatic rings. The molecular formula is C16H16ClN3O. The molecule has 0 spiro atoms. The number of nitrogens with one attached hydrogen (secondary N) is 1. The zero-order valence-corrected chi connectivity index (χ0v) is 12.4. The fourth-order valence-electron chi connectivity index (χ4n) is 2.36. The van der Waals surface area contributed by atoms with Crippen molar-refractivity contribution >= 4 is 11.6 Å². The molecule has 0 saturated heterocycles. The first-order valence-corrected chi connectivity index (χ1v) is 7.25. The summed E-state index contributed by atoms with van der Waals surface area (Å²) in [5.41, 5.74) is 2.02. The van der Waals surface area contributed by atoms with Crippen LogP contribution in [-0.2, 0) is 0 Å². The van der Waals surface area contributed by atoms with Crippen molar-refractivity contribution in [3.05, 3.63) is 71.4 Å². The van der Waals surface area contributed by atoms with Crippen molar-refractivity contribution in [2.24, 2.45) is 0 Å². The molecule has 2 aromatic heterocycles. The van der Waals surface area contributed by atoms with Gasteiger partial charge in [0.25, 0.3) is 0 Å². The fraction of sp³-hybridized carbons (Fsp3) is 0.188. The number of rotatable bonds is 5. The van der Waals surface area contributed by atoms with E-state index in [9.17, 15) is 0 Å². The molecule has 4 nitrogen and oxygen atoms in total. The van der Waals surface area contributed by atoms with Crippen molar-refractivity contribution in [2.75, 3.05) is 6.54 Å². The Morgan fingerprint density at radius 1 is 1.19 bits per heavy atom. The van der Waals surface area contributed by atoms with Gasteiger partial charge in [-0.1, -0.05) is 25.1 Å². The van der Waals surface area contributed by atoms with Crippen LogP contribution in [0.15, 0.2) is 59.1 Å². The Balaban J connectivity index is 2.03. The second kappa shape index (κ2) is 6.16. The van der Waals surface area contributed by atoms with Crippen LogP contribution in [0.25, 0.3) is 5.69 Å². The second-order valence-corrected chi connectivity index (χ2v) is 5.01. The summed E-state index contributed by atoms with van der Waals surface area (Å²) in [6.07, 6.45) is 1.79. The maximum Gasteiger partial charge on any atom is 0.193 e. The topological polar surface area (TPSA) is 43.0 Å². The molecule has 1 unspecified atom stereocenters. The predicted octanol–water partition coefficient (Wildman–Crippen LogP) is 3.82. The van der Waals surface area contributed by atoms with E-state index >= 15 is 0 Å². The van der Waals surface area contributed by atoms with Crippen molar-refractivity contribution in [1.29, 1.82) is 0 Å². The van der Waals surface area contributed by atoms with Crippen LogP contribution in [0.5, 0.6) is 0 Å². The van der Waals surface area contributed by atoms with E-state index in [1.54, 1.807) is 12.3 Å². The normalized spacial score (nSPS) is 12.5. The highest BCUT2D eigenvalue weighted by molar-refractivity contribution is 6.28. The van der Waals surface area contributed by atoms with E-state index in [2.05, 4.69) is 17.3 Å². The molecule has 5 heteroatoms. The lowest BCUT2D eigenvalue weighted by Crippen LogP contribution is -2.24. The number of aromatic nitrogens is 2. The molecule has 1 N–H and O–H groups in total. The molecule has 0 radical (unpaired) electrons. The van der Waals surface area contributed by atoms with E-state index in [0.29, 0.717) is 5.22 Å². The summed E-state index contributed by atoms with van der Waals surface area (Å²) in [5, 5.41) is 8.22. The smallest absolute Gasteiger partial charge is 0.193 e. The van der Waals surface area contributed by atoms with Crippen molar-refractivity contribution in [3.63, 3.8) is 0 Å². The number of halogens is 1. The lowest BCUT2D eigenvalue weighted by molar-refractivity contribution is 0.443. The molecule has 108 valence electrons. The van der Waals surface area contributed by atoms with Crippen molar-refractivity contribution in [3.8, 4) is 5.69 Å². The molecule has 0 aliphatic rings. The molecule has 21 heavy (non-hydrogen) atoms. The van der Waals surface area contributed by atoms with Crippen molar-refractivity contribution in [1.82, 2.24) is 15.1 Å². The summed E-state index contributed by atoms with van der Waals surface area (Å²) in [4.78, 5) is 0. The highest BCUT2D eigenvalue weighted by Gasteiger charge is 2.21.